The Balaban J connectivity index is 1.43. The van der Waals surface area contributed by atoms with Crippen molar-refractivity contribution in [2.24, 2.45) is 0 Å². The molecule has 5 rings (SSSR count). The van der Waals surface area contributed by atoms with Gasteiger partial charge < -0.3 is 19.1 Å². The molecule has 0 radical (unpaired) electrons. The molecule has 2 saturated heterocycles. The molecule has 0 aliphatic carbocycles. The molecule has 2 aromatic heterocycles. The highest BCUT2D eigenvalue weighted by molar-refractivity contribution is 6.00. The van der Waals surface area contributed by atoms with Crippen LogP contribution in [0.3, 0.4) is 0 Å². The maximum atomic E-state index is 13.2. The standard InChI is InChI=1S/C21H22N4O4/c1-27-16-4-2-3-15(13-16)18-5-8-22-19-17(14-23-25(18)19)20(26)24-9-6-21(7-10-24)28-11-12-29-21/h2-5,8,13-14H,6-7,9-12H2,1H3. The Morgan fingerprint density at radius 2 is 1.97 bits per heavy atom. The van der Waals surface area contributed by atoms with E-state index in [9.17, 15) is 4.79 Å². The molecule has 1 spiro atoms. The number of methoxy groups -OCH3 is 1. The van der Waals surface area contributed by atoms with Crippen molar-refractivity contribution in [3.63, 3.8) is 0 Å². The number of hydrogen-bond donors (Lipinski definition) is 0. The van der Waals surface area contributed by atoms with Crippen molar-refractivity contribution in [1.29, 1.82) is 0 Å². The monoisotopic (exact) mass is 394 g/mol. The molecule has 0 bridgehead atoms. The molecule has 0 unspecified atom stereocenters. The highest BCUT2D eigenvalue weighted by Crippen LogP contribution is 2.32. The fourth-order valence-corrected chi connectivity index (χ4v) is 4.05. The lowest BCUT2D eigenvalue weighted by Gasteiger charge is -2.37. The van der Waals surface area contributed by atoms with Crippen LogP contribution in [0, 0.1) is 0 Å². The summed E-state index contributed by atoms with van der Waals surface area (Å²) in [7, 11) is 1.64. The molecular formula is C21H22N4O4. The highest BCUT2D eigenvalue weighted by atomic mass is 16.7. The van der Waals surface area contributed by atoms with Gasteiger partial charge in [-0.2, -0.15) is 5.10 Å². The maximum absolute atomic E-state index is 13.2. The molecule has 2 fully saturated rings. The lowest BCUT2D eigenvalue weighted by atomic mass is 10.0. The second kappa shape index (κ2) is 7.13. The van der Waals surface area contributed by atoms with Crippen LogP contribution in [0.4, 0.5) is 0 Å². The van der Waals surface area contributed by atoms with E-state index in [4.69, 9.17) is 14.2 Å². The Bertz CT molecular complexity index is 1050. The van der Waals surface area contributed by atoms with Crippen LogP contribution in [0.2, 0.25) is 0 Å². The van der Waals surface area contributed by atoms with E-state index in [1.54, 1.807) is 24.0 Å². The second-order valence-corrected chi connectivity index (χ2v) is 7.26. The first-order chi connectivity index (χ1) is 14.2. The summed E-state index contributed by atoms with van der Waals surface area (Å²) in [5.41, 5.74) is 2.83. The minimum absolute atomic E-state index is 0.0665. The lowest BCUT2D eigenvalue weighted by Crippen LogP contribution is -2.47. The topological polar surface area (TPSA) is 78.2 Å². The quantitative estimate of drug-likeness (QED) is 0.679. The summed E-state index contributed by atoms with van der Waals surface area (Å²) in [5.74, 6) is 0.188. The van der Waals surface area contributed by atoms with E-state index < -0.39 is 5.79 Å². The number of rotatable bonds is 3. The Hall–Kier alpha value is -2.97. The first-order valence-electron chi connectivity index (χ1n) is 9.73. The van der Waals surface area contributed by atoms with Gasteiger partial charge in [-0.3, -0.25) is 4.79 Å². The highest BCUT2D eigenvalue weighted by Gasteiger charge is 2.41. The Morgan fingerprint density at radius 3 is 2.72 bits per heavy atom. The summed E-state index contributed by atoms with van der Waals surface area (Å²) in [6, 6.07) is 9.60. The van der Waals surface area contributed by atoms with Crippen LogP contribution in [0.1, 0.15) is 23.2 Å². The number of carbonyl (C=O) groups excluding carboxylic acids is 1. The van der Waals surface area contributed by atoms with E-state index in [0.29, 0.717) is 50.4 Å². The minimum Gasteiger partial charge on any atom is -0.497 e. The molecule has 1 amide bonds. The normalized spacial score (nSPS) is 18.4. The van der Waals surface area contributed by atoms with Crippen molar-refractivity contribution >= 4 is 11.6 Å². The summed E-state index contributed by atoms with van der Waals surface area (Å²) in [5, 5.41) is 4.45. The molecular weight excluding hydrogens is 372 g/mol. The summed E-state index contributed by atoms with van der Waals surface area (Å²) in [4.78, 5) is 19.4. The number of likely N-dealkylation sites (tertiary alicyclic amines) is 1. The second-order valence-electron chi connectivity index (χ2n) is 7.26. The van der Waals surface area contributed by atoms with Gasteiger partial charge >= 0.3 is 0 Å². The number of fused-ring (bicyclic) bond motifs is 1. The average molecular weight is 394 g/mol. The molecule has 29 heavy (non-hydrogen) atoms. The number of hydrogen-bond acceptors (Lipinski definition) is 6. The van der Waals surface area contributed by atoms with Crippen LogP contribution in [-0.4, -0.2) is 64.6 Å². The number of aromatic nitrogens is 3. The van der Waals surface area contributed by atoms with Crippen LogP contribution in [0.25, 0.3) is 16.9 Å². The van der Waals surface area contributed by atoms with Gasteiger partial charge in [-0.05, 0) is 18.2 Å². The van der Waals surface area contributed by atoms with Crippen LogP contribution >= 0.6 is 0 Å². The third kappa shape index (κ3) is 3.14. The Labute approximate surface area is 168 Å². The number of benzene rings is 1. The molecule has 2 aliphatic rings. The van der Waals surface area contributed by atoms with E-state index in [2.05, 4.69) is 10.1 Å². The fraction of sp³-hybridized carbons (Fsp3) is 0.381. The molecule has 0 N–H and O–H groups in total. The number of amides is 1. The third-order valence-corrected chi connectivity index (χ3v) is 5.62. The molecule has 0 atom stereocenters. The average Bonchev–Trinajstić information content (AvgIpc) is 3.41. The predicted octanol–water partition coefficient (Wildman–Crippen LogP) is 2.38. The number of carbonyl (C=O) groups is 1. The lowest BCUT2D eigenvalue weighted by molar-refractivity contribution is -0.181. The van der Waals surface area contributed by atoms with Crippen molar-refractivity contribution in [3.05, 3.63) is 48.3 Å². The van der Waals surface area contributed by atoms with Gasteiger partial charge in [-0.15, -0.1) is 0 Å². The van der Waals surface area contributed by atoms with Gasteiger partial charge in [-0.1, -0.05) is 12.1 Å². The van der Waals surface area contributed by atoms with Gasteiger partial charge in [0.05, 0.1) is 32.2 Å². The van der Waals surface area contributed by atoms with E-state index in [0.717, 1.165) is 17.0 Å². The number of ether oxygens (including phenoxy) is 3. The van der Waals surface area contributed by atoms with Crippen molar-refractivity contribution in [2.75, 3.05) is 33.4 Å². The van der Waals surface area contributed by atoms with E-state index in [1.807, 2.05) is 35.2 Å². The molecule has 150 valence electrons. The van der Waals surface area contributed by atoms with Gasteiger partial charge in [0.2, 0.25) is 0 Å². The Kier molecular flexibility index (Phi) is 4.44. The minimum atomic E-state index is -0.504. The number of nitrogens with zero attached hydrogens (tertiary/aromatic N) is 4. The Morgan fingerprint density at radius 1 is 1.17 bits per heavy atom. The summed E-state index contributed by atoms with van der Waals surface area (Å²) < 4.78 is 18.5. The summed E-state index contributed by atoms with van der Waals surface area (Å²) >= 11 is 0. The number of piperidine rings is 1. The largest absolute Gasteiger partial charge is 0.497 e. The van der Waals surface area contributed by atoms with Crippen molar-refractivity contribution < 1.29 is 19.0 Å². The zero-order valence-electron chi connectivity index (χ0n) is 16.2. The van der Waals surface area contributed by atoms with Gasteiger partial charge in [0.15, 0.2) is 11.4 Å². The molecule has 2 aliphatic heterocycles. The van der Waals surface area contributed by atoms with E-state index in [1.165, 1.54) is 0 Å². The van der Waals surface area contributed by atoms with Crippen LogP contribution in [-0.2, 0) is 9.47 Å². The molecule has 4 heterocycles. The van der Waals surface area contributed by atoms with Crippen LogP contribution in [0.5, 0.6) is 5.75 Å². The van der Waals surface area contributed by atoms with Gasteiger partial charge in [0.1, 0.15) is 11.3 Å². The zero-order chi connectivity index (χ0) is 19.8. The third-order valence-electron chi connectivity index (χ3n) is 5.62. The first-order valence-corrected chi connectivity index (χ1v) is 9.73. The van der Waals surface area contributed by atoms with Gasteiger partial charge in [0.25, 0.3) is 5.91 Å². The molecule has 3 aromatic rings. The van der Waals surface area contributed by atoms with E-state index in [-0.39, 0.29) is 5.91 Å². The maximum Gasteiger partial charge on any atom is 0.259 e. The van der Waals surface area contributed by atoms with E-state index >= 15 is 0 Å². The summed E-state index contributed by atoms with van der Waals surface area (Å²) in [6.45, 7) is 2.43. The molecule has 8 heteroatoms. The molecule has 0 saturated carbocycles. The molecule has 1 aromatic carbocycles. The van der Waals surface area contributed by atoms with Crippen LogP contribution in [0.15, 0.2) is 42.7 Å². The molecule has 8 nitrogen and oxygen atoms in total. The first kappa shape index (κ1) is 18.1. The van der Waals surface area contributed by atoms with Gasteiger partial charge in [0, 0.05) is 37.7 Å². The van der Waals surface area contributed by atoms with Crippen molar-refractivity contribution in [3.8, 4) is 17.0 Å². The predicted molar refractivity (Wildman–Crippen MR) is 105 cm³/mol. The fourth-order valence-electron chi connectivity index (χ4n) is 4.05. The zero-order valence-corrected chi connectivity index (χ0v) is 16.2. The smallest absolute Gasteiger partial charge is 0.259 e. The summed E-state index contributed by atoms with van der Waals surface area (Å²) in [6.07, 6.45) is 4.66. The SMILES string of the molecule is COc1cccc(-c2ccnc3c(C(=O)N4CCC5(CC4)OCCO5)cnn23)c1. The van der Waals surface area contributed by atoms with Crippen molar-refractivity contribution in [1.82, 2.24) is 19.5 Å². The van der Waals surface area contributed by atoms with Gasteiger partial charge in [-0.25, -0.2) is 9.50 Å². The van der Waals surface area contributed by atoms with Crippen LogP contribution < -0.4 is 4.74 Å². The van der Waals surface area contributed by atoms with Crippen molar-refractivity contribution in [2.45, 2.75) is 18.6 Å².